The molecule has 10 heteroatoms. The van der Waals surface area contributed by atoms with Gasteiger partial charge in [-0.2, -0.15) is 18.2 Å². The van der Waals surface area contributed by atoms with Crippen LogP contribution in [-0.2, 0) is 12.7 Å². The Morgan fingerprint density at radius 3 is 2.62 bits per heavy atom. The molecule has 0 aromatic carbocycles. The zero-order valence-corrected chi connectivity index (χ0v) is 10.7. The van der Waals surface area contributed by atoms with Crippen LogP contribution in [0.4, 0.5) is 19.0 Å². The van der Waals surface area contributed by atoms with Crippen LogP contribution >= 0.6 is 0 Å². The number of amides is 1. The van der Waals surface area contributed by atoms with E-state index in [4.69, 9.17) is 10.3 Å². The van der Waals surface area contributed by atoms with Crippen LogP contribution in [-0.4, -0.2) is 21.0 Å². The fourth-order valence-corrected chi connectivity index (χ4v) is 1.52. The van der Waals surface area contributed by atoms with Crippen LogP contribution in [0.25, 0.3) is 0 Å². The molecule has 0 fully saturated rings. The van der Waals surface area contributed by atoms with Gasteiger partial charge < -0.3 is 15.6 Å². The second-order valence-electron chi connectivity index (χ2n) is 4.04. The fraction of sp³-hybridized carbons (Fsp3) is 0.273. The molecule has 21 heavy (non-hydrogen) atoms. The zero-order valence-electron chi connectivity index (χ0n) is 10.7. The van der Waals surface area contributed by atoms with Crippen LogP contribution < -0.4 is 11.1 Å². The minimum absolute atomic E-state index is 0.0879. The summed E-state index contributed by atoms with van der Waals surface area (Å²) < 4.78 is 42.7. The second kappa shape index (κ2) is 5.38. The predicted molar refractivity (Wildman–Crippen MR) is 64.1 cm³/mol. The molecule has 0 unspecified atom stereocenters. The summed E-state index contributed by atoms with van der Waals surface area (Å²) in [5.74, 6) is -0.685. The van der Waals surface area contributed by atoms with E-state index in [0.717, 1.165) is 6.07 Å². The Kier molecular flexibility index (Phi) is 3.78. The second-order valence-corrected chi connectivity index (χ2v) is 4.04. The minimum Gasteiger partial charge on any atom is -0.365 e. The summed E-state index contributed by atoms with van der Waals surface area (Å²) in [7, 11) is 0. The van der Waals surface area contributed by atoms with Gasteiger partial charge >= 0.3 is 6.18 Å². The lowest BCUT2D eigenvalue weighted by molar-refractivity contribution is -0.141. The van der Waals surface area contributed by atoms with Gasteiger partial charge in [0.1, 0.15) is 11.5 Å². The van der Waals surface area contributed by atoms with Crippen molar-refractivity contribution in [2.24, 2.45) is 5.73 Å². The molecule has 2 rings (SSSR count). The van der Waals surface area contributed by atoms with E-state index in [9.17, 15) is 18.0 Å². The number of alkyl halides is 3. The summed E-state index contributed by atoms with van der Waals surface area (Å²) in [5, 5.41) is 6.05. The minimum atomic E-state index is -4.63. The number of carbonyl (C=O) groups excluding carboxylic acids is 1. The molecule has 112 valence electrons. The van der Waals surface area contributed by atoms with Gasteiger partial charge in [0, 0.05) is 0 Å². The quantitative estimate of drug-likeness (QED) is 0.886. The molecular weight excluding hydrogens is 291 g/mol. The van der Waals surface area contributed by atoms with Crippen LogP contribution in [0, 0.1) is 6.92 Å². The Labute approximate surface area is 116 Å². The topological polar surface area (TPSA) is 107 Å². The van der Waals surface area contributed by atoms with Crippen LogP contribution in [0.2, 0.25) is 0 Å². The molecule has 1 amide bonds. The van der Waals surface area contributed by atoms with E-state index in [1.807, 2.05) is 0 Å². The number of carbonyl (C=O) groups is 1. The molecule has 2 aromatic rings. The van der Waals surface area contributed by atoms with Gasteiger partial charge in [0.15, 0.2) is 5.82 Å². The lowest BCUT2D eigenvalue weighted by Crippen LogP contribution is -2.18. The first kappa shape index (κ1) is 14.8. The highest BCUT2D eigenvalue weighted by molar-refractivity contribution is 5.97. The lowest BCUT2D eigenvalue weighted by Gasteiger charge is -2.11. The molecule has 0 saturated carbocycles. The maximum Gasteiger partial charge on any atom is 0.433 e. The highest BCUT2D eigenvalue weighted by atomic mass is 19.4. The molecule has 0 saturated heterocycles. The highest BCUT2D eigenvalue weighted by Gasteiger charge is 2.33. The number of hydrogen-bond acceptors (Lipinski definition) is 6. The normalized spacial score (nSPS) is 11.4. The first-order chi connectivity index (χ1) is 9.77. The molecule has 2 aromatic heterocycles. The number of rotatable bonds is 4. The van der Waals surface area contributed by atoms with Crippen LogP contribution in [0.5, 0.6) is 0 Å². The van der Waals surface area contributed by atoms with E-state index in [0.29, 0.717) is 11.9 Å². The Bertz CT molecular complexity index is 668. The van der Waals surface area contributed by atoms with Crippen molar-refractivity contribution in [1.82, 2.24) is 15.1 Å². The lowest BCUT2D eigenvalue weighted by atomic mass is 10.2. The average molecular weight is 301 g/mol. The smallest absolute Gasteiger partial charge is 0.365 e. The van der Waals surface area contributed by atoms with Crippen LogP contribution in [0.3, 0.4) is 0 Å². The van der Waals surface area contributed by atoms with Gasteiger partial charge in [-0.3, -0.25) is 4.79 Å². The van der Waals surface area contributed by atoms with Gasteiger partial charge in [0.05, 0.1) is 12.1 Å². The predicted octanol–water partition coefficient (Wildman–Crippen LogP) is 1.50. The van der Waals surface area contributed by atoms with E-state index < -0.39 is 17.8 Å². The Morgan fingerprint density at radius 2 is 2.10 bits per heavy atom. The van der Waals surface area contributed by atoms with E-state index in [1.165, 1.54) is 0 Å². The first-order valence-corrected chi connectivity index (χ1v) is 5.68. The van der Waals surface area contributed by atoms with Crippen molar-refractivity contribution in [3.05, 3.63) is 35.1 Å². The molecule has 0 atom stereocenters. The summed E-state index contributed by atoms with van der Waals surface area (Å²) in [6.45, 7) is 1.50. The number of pyridine rings is 1. The Balaban J connectivity index is 2.28. The van der Waals surface area contributed by atoms with Crippen molar-refractivity contribution in [3.8, 4) is 0 Å². The van der Waals surface area contributed by atoms with Gasteiger partial charge in [-0.05, 0) is 19.1 Å². The molecule has 0 spiro atoms. The van der Waals surface area contributed by atoms with Crippen molar-refractivity contribution in [1.29, 1.82) is 0 Å². The van der Waals surface area contributed by atoms with Crippen molar-refractivity contribution in [3.63, 3.8) is 0 Å². The monoisotopic (exact) mass is 301 g/mol. The number of primary amides is 1. The number of anilines is 1. The molecular formula is C11H10F3N5O2. The van der Waals surface area contributed by atoms with Gasteiger partial charge in [-0.1, -0.05) is 5.16 Å². The number of aromatic nitrogens is 3. The molecule has 0 aliphatic rings. The maximum atomic E-state index is 12.6. The summed E-state index contributed by atoms with van der Waals surface area (Å²) in [4.78, 5) is 18.4. The molecule has 2 heterocycles. The number of nitrogens with zero attached hydrogens (tertiary/aromatic N) is 3. The average Bonchev–Trinajstić information content (AvgIpc) is 2.80. The standard InChI is InChI=1S/C11H10F3N5O2/c1-5-17-8(21-19-5)4-16-10-6(9(15)20)2-3-7(18-10)11(12,13)14/h2-3H,4H2,1H3,(H2,15,20)(H,16,18). The third-order valence-corrected chi connectivity index (χ3v) is 2.43. The molecule has 0 aliphatic heterocycles. The number of nitrogens with one attached hydrogen (secondary N) is 1. The van der Waals surface area contributed by atoms with E-state index in [1.54, 1.807) is 6.92 Å². The largest absolute Gasteiger partial charge is 0.433 e. The van der Waals surface area contributed by atoms with E-state index in [-0.39, 0.29) is 23.8 Å². The number of halogens is 3. The fourth-order valence-electron chi connectivity index (χ4n) is 1.52. The Hall–Kier alpha value is -2.65. The zero-order chi connectivity index (χ0) is 15.6. The number of aryl methyl sites for hydroxylation is 1. The Morgan fingerprint density at radius 1 is 1.38 bits per heavy atom. The third kappa shape index (κ3) is 3.46. The van der Waals surface area contributed by atoms with E-state index >= 15 is 0 Å². The third-order valence-electron chi connectivity index (χ3n) is 2.43. The number of hydrogen-bond donors (Lipinski definition) is 2. The summed E-state index contributed by atoms with van der Waals surface area (Å²) in [6.07, 6.45) is -4.63. The molecule has 3 N–H and O–H groups in total. The van der Waals surface area contributed by atoms with Gasteiger partial charge in [-0.15, -0.1) is 0 Å². The van der Waals surface area contributed by atoms with Crippen LogP contribution in [0.15, 0.2) is 16.7 Å². The summed E-state index contributed by atoms with van der Waals surface area (Å²) in [6, 6.07) is 1.64. The van der Waals surface area contributed by atoms with Crippen molar-refractivity contribution >= 4 is 11.7 Å². The van der Waals surface area contributed by atoms with Gasteiger partial charge in [-0.25, -0.2) is 4.98 Å². The maximum absolute atomic E-state index is 12.6. The summed E-state index contributed by atoms with van der Waals surface area (Å²) >= 11 is 0. The highest BCUT2D eigenvalue weighted by Crippen LogP contribution is 2.29. The van der Waals surface area contributed by atoms with Crippen molar-refractivity contribution in [2.75, 3.05) is 5.32 Å². The molecule has 7 nitrogen and oxygen atoms in total. The van der Waals surface area contributed by atoms with Crippen LogP contribution in [0.1, 0.15) is 27.8 Å². The summed E-state index contributed by atoms with van der Waals surface area (Å²) in [5.41, 5.74) is 3.79. The van der Waals surface area contributed by atoms with Crippen molar-refractivity contribution < 1.29 is 22.5 Å². The van der Waals surface area contributed by atoms with E-state index in [2.05, 4.69) is 20.4 Å². The van der Waals surface area contributed by atoms with Crippen molar-refractivity contribution in [2.45, 2.75) is 19.6 Å². The molecule has 0 aliphatic carbocycles. The van der Waals surface area contributed by atoms with Gasteiger partial charge in [0.25, 0.3) is 5.91 Å². The van der Waals surface area contributed by atoms with Gasteiger partial charge in [0.2, 0.25) is 5.89 Å². The molecule has 0 bridgehead atoms. The first-order valence-electron chi connectivity index (χ1n) is 5.68. The SMILES string of the molecule is Cc1noc(CNc2nc(C(F)(F)F)ccc2C(N)=O)n1. The molecule has 0 radical (unpaired) electrons. The number of nitrogens with two attached hydrogens (primary N) is 1.